The normalized spacial score (nSPS) is 12.7. The van der Waals surface area contributed by atoms with Crippen molar-refractivity contribution in [1.29, 1.82) is 0 Å². The summed E-state index contributed by atoms with van der Waals surface area (Å²) in [5.74, 6) is -5.32. The number of alkyl halides is 5. The number of aliphatic hydroxyl groups excluding tert-OH is 1. The smallest absolute Gasteiger partial charge is 0.422 e. The van der Waals surface area contributed by atoms with E-state index in [0.717, 1.165) is 6.39 Å². The summed E-state index contributed by atoms with van der Waals surface area (Å²) in [5.41, 5.74) is -1.22. The Labute approximate surface area is 191 Å². The average Bonchev–Trinajstić information content (AvgIpc) is 3.45. The SMILES string of the molecule is OCc1c(-c2nnco2)nc2ccc3c(-c4ccc(Cl)cc4)cc(C(F)(F)C(F)(F)F)nc3n12. The summed E-state index contributed by atoms with van der Waals surface area (Å²) >= 11 is 5.91. The van der Waals surface area contributed by atoms with Crippen molar-refractivity contribution in [2.45, 2.75) is 18.7 Å². The van der Waals surface area contributed by atoms with Gasteiger partial charge >= 0.3 is 12.1 Å². The minimum atomic E-state index is -5.89. The number of nitrogens with zero attached hydrogens (tertiary/aromatic N) is 5. The molecule has 0 saturated carbocycles. The Morgan fingerprint density at radius 3 is 2.35 bits per heavy atom. The number of hydrogen-bond donors (Lipinski definition) is 1. The Bertz CT molecular complexity index is 1520. The van der Waals surface area contributed by atoms with Gasteiger partial charge in [-0.05, 0) is 41.5 Å². The van der Waals surface area contributed by atoms with Crippen LogP contribution >= 0.6 is 11.6 Å². The minimum Gasteiger partial charge on any atom is -0.422 e. The van der Waals surface area contributed by atoms with Gasteiger partial charge in [0.1, 0.15) is 17.0 Å². The molecule has 0 bridgehead atoms. The largest absolute Gasteiger partial charge is 0.459 e. The van der Waals surface area contributed by atoms with Gasteiger partial charge in [0, 0.05) is 10.4 Å². The van der Waals surface area contributed by atoms with E-state index in [0.29, 0.717) is 16.7 Å². The highest BCUT2D eigenvalue weighted by Crippen LogP contribution is 2.45. The number of halogens is 6. The van der Waals surface area contributed by atoms with Crippen molar-refractivity contribution in [2.75, 3.05) is 0 Å². The Balaban J connectivity index is 1.91. The molecule has 1 N–H and O–H groups in total. The number of hydrogen-bond acceptors (Lipinski definition) is 6. The Kier molecular flexibility index (Phi) is 5.02. The molecule has 0 saturated heterocycles. The van der Waals surface area contributed by atoms with Crippen molar-refractivity contribution in [3.8, 4) is 22.7 Å². The molecule has 5 aromatic rings. The first kappa shape index (κ1) is 22.2. The standard InChI is InChI=1S/C21H11ClF5N5O2/c22-11-3-1-10(2-4-11)13-7-15(20(23,24)21(25,26)27)29-18-12(13)5-6-16-30-17(14(8-33)32(16)18)19-31-28-9-34-19/h1-7,9,33H,8H2. The third kappa shape index (κ3) is 3.37. The zero-order valence-electron chi connectivity index (χ0n) is 16.7. The molecule has 174 valence electrons. The molecule has 0 unspecified atom stereocenters. The third-order valence-electron chi connectivity index (χ3n) is 5.19. The molecule has 4 heterocycles. The van der Waals surface area contributed by atoms with Crippen LogP contribution in [-0.4, -0.2) is 35.8 Å². The maximum absolute atomic E-state index is 14.4. The zero-order valence-corrected chi connectivity index (χ0v) is 17.4. The molecule has 34 heavy (non-hydrogen) atoms. The maximum Gasteiger partial charge on any atom is 0.459 e. The predicted molar refractivity (Wildman–Crippen MR) is 110 cm³/mol. The maximum atomic E-state index is 14.4. The molecule has 4 aromatic heterocycles. The molecule has 1 aromatic carbocycles. The van der Waals surface area contributed by atoms with Crippen LogP contribution in [0.2, 0.25) is 5.02 Å². The first-order chi connectivity index (χ1) is 16.1. The van der Waals surface area contributed by atoms with Gasteiger partial charge in [-0.25, -0.2) is 9.97 Å². The summed E-state index contributed by atoms with van der Waals surface area (Å²) in [4.78, 5) is 7.97. The molecule has 5 rings (SSSR count). The number of rotatable bonds is 4. The summed E-state index contributed by atoms with van der Waals surface area (Å²) in [7, 11) is 0. The second-order valence-corrected chi connectivity index (χ2v) is 7.64. The summed E-state index contributed by atoms with van der Waals surface area (Å²) in [6, 6.07) is 9.62. The molecule has 0 spiro atoms. The van der Waals surface area contributed by atoms with E-state index in [1.807, 2.05) is 0 Å². The van der Waals surface area contributed by atoms with Crippen molar-refractivity contribution in [1.82, 2.24) is 24.6 Å². The van der Waals surface area contributed by atoms with Crippen molar-refractivity contribution < 1.29 is 31.5 Å². The average molecular weight is 496 g/mol. The molecule has 0 aliphatic rings. The van der Waals surface area contributed by atoms with Gasteiger partial charge in [0.2, 0.25) is 6.39 Å². The van der Waals surface area contributed by atoms with E-state index in [9.17, 15) is 27.1 Å². The second-order valence-electron chi connectivity index (χ2n) is 7.21. The lowest BCUT2D eigenvalue weighted by molar-refractivity contribution is -0.290. The quantitative estimate of drug-likeness (QED) is 0.336. The van der Waals surface area contributed by atoms with E-state index in [4.69, 9.17) is 16.0 Å². The van der Waals surface area contributed by atoms with Crippen LogP contribution < -0.4 is 0 Å². The number of pyridine rings is 2. The molecule has 13 heteroatoms. The lowest BCUT2D eigenvalue weighted by Crippen LogP contribution is -2.34. The van der Waals surface area contributed by atoms with Crippen molar-refractivity contribution in [2.24, 2.45) is 0 Å². The number of aliphatic hydroxyl groups is 1. The molecule has 0 aliphatic carbocycles. The van der Waals surface area contributed by atoms with Gasteiger partial charge in [0.05, 0.1) is 12.3 Å². The van der Waals surface area contributed by atoms with E-state index in [-0.39, 0.29) is 39.5 Å². The number of aromatic nitrogens is 5. The van der Waals surface area contributed by atoms with Crippen LogP contribution in [0.3, 0.4) is 0 Å². The van der Waals surface area contributed by atoms with Gasteiger partial charge in [-0.1, -0.05) is 23.7 Å². The second kappa shape index (κ2) is 7.71. The van der Waals surface area contributed by atoms with Crippen LogP contribution in [0.25, 0.3) is 39.4 Å². The predicted octanol–water partition coefficient (Wildman–Crippen LogP) is 5.40. The minimum absolute atomic E-state index is 0.0203. The van der Waals surface area contributed by atoms with E-state index in [1.165, 1.54) is 40.8 Å². The van der Waals surface area contributed by atoms with Crippen molar-refractivity contribution >= 4 is 28.3 Å². The highest BCUT2D eigenvalue weighted by atomic mass is 35.5. The fourth-order valence-corrected chi connectivity index (χ4v) is 3.75. The first-order valence-corrected chi connectivity index (χ1v) is 9.93. The van der Waals surface area contributed by atoms with E-state index in [2.05, 4.69) is 20.2 Å². The monoisotopic (exact) mass is 495 g/mol. The van der Waals surface area contributed by atoms with Crippen molar-refractivity contribution in [3.05, 3.63) is 65.3 Å². The molecule has 0 amide bonds. The van der Waals surface area contributed by atoms with Crippen LogP contribution in [0.1, 0.15) is 11.4 Å². The molecular weight excluding hydrogens is 485 g/mol. The van der Waals surface area contributed by atoms with Gasteiger partial charge < -0.3 is 9.52 Å². The summed E-state index contributed by atoms with van der Waals surface area (Å²) in [5, 5.41) is 17.9. The summed E-state index contributed by atoms with van der Waals surface area (Å²) in [6.07, 6.45) is -4.86. The zero-order chi connectivity index (χ0) is 24.3. The van der Waals surface area contributed by atoms with E-state index < -0.39 is 24.4 Å². The van der Waals surface area contributed by atoms with Gasteiger partial charge in [0.25, 0.3) is 5.89 Å². The van der Waals surface area contributed by atoms with Gasteiger partial charge in [0.15, 0.2) is 5.69 Å². The number of imidazole rings is 1. The summed E-state index contributed by atoms with van der Waals surface area (Å²) in [6.45, 7) is -0.671. The van der Waals surface area contributed by atoms with Crippen molar-refractivity contribution in [3.63, 3.8) is 0 Å². The highest BCUT2D eigenvalue weighted by molar-refractivity contribution is 6.30. The Morgan fingerprint density at radius 2 is 1.74 bits per heavy atom. The fourth-order valence-electron chi connectivity index (χ4n) is 3.62. The van der Waals surface area contributed by atoms with E-state index >= 15 is 0 Å². The van der Waals surface area contributed by atoms with Gasteiger partial charge in [-0.15, -0.1) is 10.2 Å². The molecule has 0 fully saturated rings. The Hall–Kier alpha value is -3.64. The number of benzene rings is 1. The first-order valence-electron chi connectivity index (χ1n) is 9.55. The molecular formula is C21H11ClF5N5O2. The van der Waals surface area contributed by atoms with Crippen LogP contribution in [0, 0.1) is 0 Å². The van der Waals surface area contributed by atoms with Gasteiger partial charge in [-0.3, -0.25) is 4.40 Å². The van der Waals surface area contributed by atoms with Crippen LogP contribution in [-0.2, 0) is 12.5 Å². The van der Waals surface area contributed by atoms with Crippen LogP contribution in [0.15, 0.2) is 53.3 Å². The molecule has 0 atom stereocenters. The Morgan fingerprint density at radius 1 is 1.00 bits per heavy atom. The van der Waals surface area contributed by atoms with Gasteiger partial charge in [-0.2, -0.15) is 22.0 Å². The lowest BCUT2D eigenvalue weighted by Gasteiger charge is -2.21. The van der Waals surface area contributed by atoms with Crippen LogP contribution in [0.5, 0.6) is 0 Å². The molecule has 7 nitrogen and oxygen atoms in total. The third-order valence-corrected chi connectivity index (χ3v) is 5.45. The topological polar surface area (TPSA) is 89.3 Å². The molecule has 0 aliphatic heterocycles. The van der Waals surface area contributed by atoms with E-state index in [1.54, 1.807) is 0 Å². The van der Waals surface area contributed by atoms with Crippen LogP contribution in [0.4, 0.5) is 22.0 Å². The highest BCUT2D eigenvalue weighted by Gasteiger charge is 2.60. The lowest BCUT2D eigenvalue weighted by atomic mass is 10.00. The molecule has 0 radical (unpaired) electrons. The number of fused-ring (bicyclic) bond motifs is 3. The fraction of sp³-hybridized carbons (Fsp3) is 0.143. The summed E-state index contributed by atoms with van der Waals surface area (Å²) < 4.78 is 75.0.